The first-order valence-electron chi connectivity index (χ1n) is 2.92. The van der Waals surface area contributed by atoms with Crippen LogP contribution in [0.5, 0.6) is 0 Å². The van der Waals surface area contributed by atoms with E-state index in [1.807, 2.05) is 0 Å². The van der Waals surface area contributed by atoms with Gasteiger partial charge in [0, 0.05) is 0 Å². The topological polar surface area (TPSA) is 54.4 Å². The molecule has 0 rings (SSSR count). The molecule has 64 valence electrons. The minimum atomic E-state index is -1.42. The first-order valence-corrected chi connectivity index (χ1v) is 3.68. The Kier molecular flexibility index (Phi) is 4.00. The largest absolute Gasteiger partial charge is 0.389 e. The fourth-order valence-electron chi connectivity index (χ4n) is 0.661. The second-order valence-electron chi connectivity index (χ2n) is 2.56. The van der Waals surface area contributed by atoms with E-state index in [1.165, 1.54) is 6.92 Å². The molecule has 0 aromatic rings. The monoisotopic (exact) mass is 198 g/mol. The summed E-state index contributed by atoms with van der Waals surface area (Å²) in [5.74, 6) is 0. The van der Waals surface area contributed by atoms with E-state index in [0.29, 0.717) is 0 Å². The summed E-state index contributed by atoms with van der Waals surface area (Å²) < 4.78 is 0. The molecule has 0 aromatic heterocycles. The first kappa shape index (κ1) is 10.9. The van der Waals surface area contributed by atoms with Crippen LogP contribution in [0.15, 0.2) is 0 Å². The lowest BCUT2D eigenvalue weighted by molar-refractivity contribution is -0.120. The SMILES string of the molecule is CC(O)(CC(=O)Cl)CC(=O)Cl. The van der Waals surface area contributed by atoms with Crippen molar-refractivity contribution in [3.63, 3.8) is 0 Å². The van der Waals surface area contributed by atoms with Crippen LogP contribution in [0, 0.1) is 0 Å². The van der Waals surface area contributed by atoms with Gasteiger partial charge in [0.05, 0.1) is 18.4 Å². The van der Waals surface area contributed by atoms with E-state index in [2.05, 4.69) is 0 Å². The van der Waals surface area contributed by atoms with Crippen molar-refractivity contribution in [2.24, 2.45) is 0 Å². The maximum Gasteiger partial charge on any atom is 0.224 e. The second-order valence-corrected chi connectivity index (χ2v) is 3.40. The van der Waals surface area contributed by atoms with Crippen molar-refractivity contribution in [3.05, 3.63) is 0 Å². The van der Waals surface area contributed by atoms with Gasteiger partial charge in [-0.25, -0.2) is 0 Å². The maximum absolute atomic E-state index is 10.3. The number of aliphatic hydroxyl groups is 1. The molecular weight excluding hydrogens is 191 g/mol. The van der Waals surface area contributed by atoms with Crippen molar-refractivity contribution in [2.75, 3.05) is 0 Å². The van der Waals surface area contributed by atoms with Gasteiger partial charge in [-0.3, -0.25) is 9.59 Å². The minimum absolute atomic E-state index is 0.271. The molecule has 0 fully saturated rings. The molecule has 3 nitrogen and oxygen atoms in total. The lowest BCUT2D eigenvalue weighted by atomic mass is 10.00. The Labute approximate surface area is 74.3 Å². The molecule has 11 heavy (non-hydrogen) atoms. The molecule has 0 saturated heterocycles. The minimum Gasteiger partial charge on any atom is -0.389 e. The Balaban J connectivity index is 3.99. The molecule has 0 spiro atoms. The number of carbonyl (C=O) groups is 2. The summed E-state index contributed by atoms with van der Waals surface area (Å²) in [5, 5.41) is 7.87. The van der Waals surface area contributed by atoms with Crippen molar-refractivity contribution in [3.8, 4) is 0 Å². The smallest absolute Gasteiger partial charge is 0.224 e. The van der Waals surface area contributed by atoms with Gasteiger partial charge in [-0.2, -0.15) is 0 Å². The predicted octanol–water partition coefficient (Wildman–Crippen LogP) is 1.05. The summed E-state index contributed by atoms with van der Waals surface area (Å²) >= 11 is 9.98. The van der Waals surface area contributed by atoms with E-state index >= 15 is 0 Å². The number of carbonyl (C=O) groups excluding carboxylic acids is 2. The molecule has 5 heteroatoms. The summed E-state index contributed by atoms with van der Waals surface area (Å²) in [4.78, 5) is 20.6. The molecule has 0 aliphatic rings. The van der Waals surface area contributed by atoms with Gasteiger partial charge < -0.3 is 5.11 Å². The first-order chi connectivity index (χ1) is 4.83. The summed E-state index contributed by atoms with van der Waals surface area (Å²) in [6.45, 7) is 1.33. The molecule has 0 atom stereocenters. The fourth-order valence-corrected chi connectivity index (χ4v) is 1.24. The van der Waals surface area contributed by atoms with Crippen LogP contribution in [-0.2, 0) is 9.59 Å². The third kappa shape index (κ3) is 6.28. The highest BCUT2D eigenvalue weighted by Gasteiger charge is 2.25. The maximum atomic E-state index is 10.3. The van der Waals surface area contributed by atoms with Crippen molar-refractivity contribution in [1.29, 1.82) is 0 Å². The van der Waals surface area contributed by atoms with Crippen LogP contribution in [0.25, 0.3) is 0 Å². The van der Waals surface area contributed by atoms with E-state index in [-0.39, 0.29) is 12.8 Å². The highest BCUT2D eigenvalue weighted by molar-refractivity contribution is 6.64. The quantitative estimate of drug-likeness (QED) is 0.688. The molecule has 1 N–H and O–H groups in total. The number of hydrogen-bond acceptors (Lipinski definition) is 3. The van der Waals surface area contributed by atoms with E-state index < -0.39 is 16.1 Å². The van der Waals surface area contributed by atoms with Gasteiger partial charge >= 0.3 is 0 Å². The van der Waals surface area contributed by atoms with Crippen LogP contribution >= 0.6 is 23.2 Å². The molecule has 0 aromatic carbocycles. The Morgan fingerprint density at radius 1 is 1.27 bits per heavy atom. The molecule has 0 bridgehead atoms. The van der Waals surface area contributed by atoms with E-state index in [1.54, 1.807) is 0 Å². The molecule has 0 saturated carbocycles. The zero-order valence-corrected chi connectivity index (χ0v) is 7.45. The van der Waals surface area contributed by atoms with Crippen molar-refractivity contribution < 1.29 is 14.7 Å². The summed E-state index contributed by atoms with van der Waals surface area (Å²) in [6.07, 6.45) is -0.542. The van der Waals surface area contributed by atoms with Crippen LogP contribution in [0.3, 0.4) is 0 Å². The zero-order chi connectivity index (χ0) is 9.07. The fraction of sp³-hybridized carbons (Fsp3) is 0.667. The standard InChI is InChI=1S/C6H8Cl2O3/c1-6(11,2-4(7)9)3-5(8)10/h11H,2-3H2,1H3. The molecule has 0 amide bonds. The van der Waals surface area contributed by atoms with Gasteiger partial charge in [-0.05, 0) is 30.1 Å². The van der Waals surface area contributed by atoms with Crippen molar-refractivity contribution >= 4 is 33.7 Å². The van der Waals surface area contributed by atoms with E-state index in [0.717, 1.165) is 0 Å². The molecule has 0 heterocycles. The number of halogens is 2. The summed E-state index contributed by atoms with van der Waals surface area (Å²) in [5.41, 5.74) is -1.42. The molecule has 0 aliphatic heterocycles. The molecule has 0 aliphatic carbocycles. The van der Waals surface area contributed by atoms with Crippen LogP contribution in [0.4, 0.5) is 0 Å². The number of hydrogen-bond donors (Lipinski definition) is 1. The van der Waals surface area contributed by atoms with Gasteiger partial charge in [0.15, 0.2) is 0 Å². The average Bonchev–Trinajstić information content (AvgIpc) is 1.53. The lowest BCUT2D eigenvalue weighted by Crippen LogP contribution is -2.28. The van der Waals surface area contributed by atoms with Gasteiger partial charge in [-0.1, -0.05) is 0 Å². The van der Waals surface area contributed by atoms with Gasteiger partial charge in [0.25, 0.3) is 0 Å². The Hall–Kier alpha value is -0.120. The van der Waals surface area contributed by atoms with E-state index in [9.17, 15) is 14.7 Å². The van der Waals surface area contributed by atoms with Crippen molar-refractivity contribution in [2.45, 2.75) is 25.4 Å². The average molecular weight is 199 g/mol. The Morgan fingerprint density at radius 2 is 1.55 bits per heavy atom. The van der Waals surface area contributed by atoms with Crippen molar-refractivity contribution in [1.82, 2.24) is 0 Å². The molecule has 0 unspecified atom stereocenters. The van der Waals surface area contributed by atoms with E-state index in [4.69, 9.17) is 23.2 Å². The van der Waals surface area contributed by atoms with Crippen LogP contribution < -0.4 is 0 Å². The lowest BCUT2D eigenvalue weighted by Gasteiger charge is -2.17. The Morgan fingerprint density at radius 3 is 1.73 bits per heavy atom. The third-order valence-corrected chi connectivity index (χ3v) is 1.31. The zero-order valence-electron chi connectivity index (χ0n) is 5.93. The van der Waals surface area contributed by atoms with Gasteiger partial charge in [-0.15, -0.1) is 0 Å². The summed E-state index contributed by atoms with van der Waals surface area (Å²) in [6, 6.07) is 0. The predicted molar refractivity (Wildman–Crippen MR) is 41.6 cm³/mol. The highest BCUT2D eigenvalue weighted by atomic mass is 35.5. The summed E-state index contributed by atoms with van der Waals surface area (Å²) in [7, 11) is 0. The Bertz CT molecular complexity index is 159. The van der Waals surface area contributed by atoms with Crippen LogP contribution in [0.1, 0.15) is 19.8 Å². The normalized spacial score (nSPS) is 11.3. The molecule has 0 radical (unpaired) electrons. The van der Waals surface area contributed by atoms with Gasteiger partial charge in [0.2, 0.25) is 10.5 Å². The highest BCUT2D eigenvalue weighted by Crippen LogP contribution is 2.17. The van der Waals surface area contributed by atoms with Gasteiger partial charge in [0.1, 0.15) is 0 Å². The second kappa shape index (κ2) is 4.04. The van der Waals surface area contributed by atoms with Crippen LogP contribution in [0.2, 0.25) is 0 Å². The third-order valence-electron chi connectivity index (χ3n) is 1.04. The number of rotatable bonds is 4. The van der Waals surface area contributed by atoms with Crippen LogP contribution in [-0.4, -0.2) is 21.2 Å². The molecular formula is C6H8Cl2O3.